The first-order valence-electron chi connectivity index (χ1n) is 9.71. The Hall–Kier alpha value is -2.22. The average molecular weight is 399 g/mol. The highest BCUT2D eigenvalue weighted by atomic mass is 32.2. The molecule has 1 aliphatic heterocycles. The minimum Gasteiger partial charge on any atom is -0.296 e. The number of rotatable bonds is 5. The van der Waals surface area contributed by atoms with Crippen molar-refractivity contribution < 1.29 is 8.42 Å². The van der Waals surface area contributed by atoms with Crippen LogP contribution >= 0.6 is 0 Å². The van der Waals surface area contributed by atoms with Crippen molar-refractivity contribution in [2.45, 2.75) is 31.8 Å². The van der Waals surface area contributed by atoms with E-state index in [1.165, 1.54) is 11.3 Å². The van der Waals surface area contributed by atoms with Gasteiger partial charge in [-0.25, -0.2) is 8.42 Å². The molecule has 0 radical (unpaired) electrons. The number of benzene rings is 2. The second-order valence-electron chi connectivity index (χ2n) is 7.26. The summed E-state index contributed by atoms with van der Waals surface area (Å²) in [6, 6.07) is 13.2. The summed E-state index contributed by atoms with van der Waals surface area (Å²) < 4.78 is 29.8. The Kier molecular flexibility index (Phi) is 5.23. The molecule has 1 saturated heterocycles. The molecular weight excluding hydrogens is 372 g/mol. The molecule has 6 nitrogen and oxygen atoms in total. The zero-order valence-electron chi connectivity index (χ0n) is 16.4. The van der Waals surface area contributed by atoms with Crippen LogP contribution < -0.4 is 0 Å². The quantitative estimate of drug-likeness (QED) is 0.663. The van der Waals surface area contributed by atoms with Crippen LogP contribution in [0.5, 0.6) is 0 Å². The first-order valence-corrected chi connectivity index (χ1v) is 11.2. The highest BCUT2D eigenvalue weighted by molar-refractivity contribution is 7.89. The molecule has 0 spiro atoms. The van der Waals surface area contributed by atoms with Gasteiger partial charge in [-0.2, -0.15) is 9.40 Å². The predicted molar refractivity (Wildman–Crippen MR) is 111 cm³/mol. The number of hydrogen-bond acceptors (Lipinski definition) is 4. The number of sulfonamides is 1. The molecule has 0 atom stereocenters. The minimum absolute atomic E-state index is 0.375. The van der Waals surface area contributed by atoms with Gasteiger partial charge in [0, 0.05) is 50.5 Å². The van der Waals surface area contributed by atoms with Crippen LogP contribution in [0.3, 0.4) is 0 Å². The summed E-state index contributed by atoms with van der Waals surface area (Å²) in [5.41, 5.74) is 2.40. The van der Waals surface area contributed by atoms with Crippen molar-refractivity contribution in [2.75, 3.05) is 26.2 Å². The third-order valence-electron chi connectivity index (χ3n) is 5.59. The number of aryl methyl sites for hydroxylation is 1. The lowest BCUT2D eigenvalue weighted by atomic mass is 10.1. The first-order chi connectivity index (χ1) is 13.5. The molecule has 0 unspecified atom stereocenters. The van der Waals surface area contributed by atoms with Crippen LogP contribution in [0.2, 0.25) is 0 Å². The summed E-state index contributed by atoms with van der Waals surface area (Å²) in [7, 11) is -3.47. The normalized spacial score (nSPS) is 16.6. The van der Waals surface area contributed by atoms with Crippen molar-refractivity contribution >= 4 is 20.8 Å². The van der Waals surface area contributed by atoms with Crippen LogP contribution in [0.25, 0.3) is 10.8 Å². The van der Waals surface area contributed by atoms with Gasteiger partial charge in [-0.1, -0.05) is 30.3 Å². The summed E-state index contributed by atoms with van der Waals surface area (Å²) in [4.78, 5) is 2.68. The summed E-state index contributed by atoms with van der Waals surface area (Å²) in [5.74, 6) is 0. The topological polar surface area (TPSA) is 58.4 Å². The molecule has 0 aliphatic carbocycles. The molecule has 0 saturated carbocycles. The Balaban J connectivity index is 1.45. The molecule has 4 rings (SSSR count). The van der Waals surface area contributed by atoms with E-state index in [9.17, 15) is 8.42 Å². The van der Waals surface area contributed by atoms with Gasteiger partial charge in [0.1, 0.15) is 0 Å². The Bertz CT molecular complexity index is 1080. The van der Waals surface area contributed by atoms with E-state index in [2.05, 4.69) is 23.8 Å². The minimum atomic E-state index is -3.47. The molecule has 2 aromatic carbocycles. The Morgan fingerprint density at radius 3 is 2.39 bits per heavy atom. The monoisotopic (exact) mass is 398 g/mol. The van der Waals surface area contributed by atoms with Crippen molar-refractivity contribution in [1.82, 2.24) is 19.0 Å². The van der Waals surface area contributed by atoms with Gasteiger partial charge in [0.05, 0.1) is 11.1 Å². The van der Waals surface area contributed by atoms with Crippen LogP contribution in [-0.2, 0) is 23.1 Å². The summed E-state index contributed by atoms with van der Waals surface area (Å²) in [5, 5.41) is 6.40. The number of nitrogens with zero attached hydrogens (tertiary/aromatic N) is 4. The molecule has 2 heterocycles. The summed E-state index contributed by atoms with van der Waals surface area (Å²) >= 11 is 0. The number of hydrogen-bond donors (Lipinski definition) is 0. The predicted octanol–water partition coefficient (Wildman–Crippen LogP) is 2.87. The third kappa shape index (κ3) is 3.57. The smallest absolute Gasteiger partial charge is 0.243 e. The van der Waals surface area contributed by atoms with Gasteiger partial charge in [-0.15, -0.1) is 0 Å². The number of piperazine rings is 1. The highest BCUT2D eigenvalue weighted by Gasteiger charge is 2.29. The molecule has 148 valence electrons. The maximum atomic E-state index is 13.1. The summed E-state index contributed by atoms with van der Waals surface area (Å²) in [6.07, 6.45) is 1.93. The van der Waals surface area contributed by atoms with Crippen molar-refractivity contribution in [3.05, 3.63) is 59.9 Å². The Morgan fingerprint density at radius 1 is 1.00 bits per heavy atom. The lowest BCUT2D eigenvalue weighted by molar-refractivity contribution is 0.181. The van der Waals surface area contributed by atoms with E-state index in [0.29, 0.717) is 18.0 Å². The molecule has 3 aromatic rings. The van der Waals surface area contributed by atoms with Gasteiger partial charge in [-0.05, 0) is 36.8 Å². The van der Waals surface area contributed by atoms with Crippen LogP contribution in [0, 0.1) is 6.92 Å². The van der Waals surface area contributed by atoms with Gasteiger partial charge in [0.25, 0.3) is 0 Å². The van der Waals surface area contributed by atoms with E-state index in [-0.39, 0.29) is 0 Å². The molecule has 7 heteroatoms. The van der Waals surface area contributed by atoms with Crippen molar-refractivity contribution in [1.29, 1.82) is 0 Å². The van der Waals surface area contributed by atoms with E-state index in [0.717, 1.165) is 37.0 Å². The molecule has 0 N–H and O–H groups in total. The van der Waals surface area contributed by atoms with Crippen LogP contribution in [0.4, 0.5) is 0 Å². The molecule has 28 heavy (non-hydrogen) atoms. The zero-order chi connectivity index (χ0) is 19.7. The van der Waals surface area contributed by atoms with E-state index < -0.39 is 10.0 Å². The van der Waals surface area contributed by atoms with Gasteiger partial charge < -0.3 is 0 Å². The Morgan fingerprint density at radius 2 is 1.71 bits per heavy atom. The molecule has 0 bridgehead atoms. The third-order valence-corrected chi connectivity index (χ3v) is 7.48. The van der Waals surface area contributed by atoms with Crippen LogP contribution in [-0.4, -0.2) is 53.6 Å². The molecule has 1 fully saturated rings. The second kappa shape index (κ2) is 7.66. The average Bonchev–Trinajstić information content (AvgIpc) is 3.07. The lowest BCUT2D eigenvalue weighted by Crippen LogP contribution is -2.48. The molecular formula is C21H26N4O2S. The maximum absolute atomic E-state index is 13.1. The fourth-order valence-corrected chi connectivity index (χ4v) is 5.26. The Labute approximate surface area is 166 Å². The van der Waals surface area contributed by atoms with Gasteiger partial charge >= 0.3 is 0 Å². The fourth-order valence-electron chi connectivity index (χ4n) is 3.81. The van der Waals surface area contributed by atoms with Crippen LogP contribution in [0.1, 0.15) is 18.2 Å². The zero-order valence-corrected chi connectivity index (χ0v) is 17.2. The SMILES string of the molecule is CCn1ncc(CN2CCN(S(=O)(=O)c3ccc4ccccc4c3)CC2)c1C. The van der Waals surface area contributed by atoms with Gasteiger partial charge in [0.2, 0.25) is 10.0 Å². The molecule has 1 aromatic heterocycles. The van der Waals surface area contributed by atoms with Crippen molar-refractivity contribution in [3.8, 4) is 0 Å². The van der Waals surface area contributed by atoms with E-state index in [1.807, 2.05) is 41.2 Å². The lowest BCUT2D eigenvalue weighted by Gasteiger charge is -2.34. The standard InChI is InChI=1S/C21H26N4O2S/c1-3-25-17(2)20(15-22-25)16-23-10-12-24(13-11-23)28(26,27)21-9-8-18-6-4-5-7-19(18)14-21/h4-9,14-15H,3,10-13,16H2,1-2H3. The van der Waals surface area contributed by atoms with Crippen LogP contribution in [0.15, 0.2) is 53.6 Å². The van der Waals surface area contributed by atoms with Gasteiger partial charge in [-0.3, -0.25) is 9.58 Å². The maximum Gasteiger partial charge on any atom is 0.243 e. The van der Waals surface area contributed by atoms with E-state index in [1.54, 1.807) is 16.4 Å². The van der Waals surface area contributed by atoms with Gasteiger partial charge in [0.15, 0.2) is 0 Å². The van der Waals surface area contributed by atoms with Crippen molar-refractivity contribution in [3.63, 3.8) is 0 Å². The fraction of sp³-hybridized carbons (Fsp3) is 0.381. The number of fused-ring (bicyclic) bond motifs is 1. The largest absolute Gasteiger partial charge is 0.296 e. The van der Waals surface area contributed by atoms with E-state index in [4.69, 9.17) is 0 Å². The first kappa shape index (κ1) is 19.1. The molecule has 0 amide bonds. The van der Waals surface area contributed by atoms with Crippen molar-refractivity contribution in [2.24, 2.45) is 0 Å². The number of aromatic nitrogens is 2. The van der Waals surface area contributed by atoms with E-state index >= 15 is 0 Å². The highest BCUT2D eigenvalue weighted by Crippen LogP contribution is 2.23. The second-order valence-corrected chi connectivity index (χ2v) is 9.20. The molecule has 1 aliphatic rings. The summed E-state index contributed by atoms with van der Waals surface area (Å²) in [6.45, 7) is 8.32.